The van der Waals surface area contributed by atoms with Crippen molar-refractivity contribution in [2.75, 3.05) is 18.4 Å². The van der Waals surface area contributed by atoms with Crippen molar-refractivity contribution in [3.63, 3.8) is 0 Å². The lowest BCUT2D eigenvalue weighted by molar-refractivity contribution is 0.0958. The molecule has 2 N–H and O–H groups in total. The fourth-order valence-electron chi connectivity index (χ4n) is 1.83. The molecular weight excluding hydrogens is 262 g/mol. The largest absolute Gasteiger partial charge is 0.385 e. The molecule has 0 aliphatic heterocycles. The summed E-state index contributed by atoms with van der Waals surface area (Å²) in [4.78, 5) is 11.7. The van der Waals surface area contributed by atoms with Gasteiger partial charge in [-0.15, -0.1) is 6.58 Å². The first-order valence-corrected chi connectivity index (χ1v) is 7.08. The minimum absolute atomic E-state index is 0.0652. The van der Waals surface area contributed by atoms with E-state index in [4.69, 9.17) is 5.26 Å². The van der Waals surface area contributed by atoms with Crippen LogP contribution in [0.25, 0.3) is 0 Å². The Morgan fingerprint density at radius 3 is 2.62 bits per heavy atom. The number of amides is 1. The van der Waals surface area contributed by atoms with Crippen LogP contribution >= 0.6 is 0 Å². The molecule has 1 rings (SSSR count). The molecule has 1 aromatic rings. The Morgan fingerprint density at radius 1 is 1.38 bits per heavy atom. The average molecular weight is 285 g/mol. The molecule has 0 spiro atoms. The smallest absolute Gasteiger partial charge is 0.251 e. The second-order valence-corrected chi connectivity index (χ2v) is 5.75. The van der Waals surface area contributed by atoms with Gasteiger partial charge in [0.05, 0.1) is 6.07 Å². The molecule has 0 saturated heterocycles. The van der Waals surface area contributed by atoms with Gasteiger partial charge in [-0.1, -0.05) is 19.9 Å². The second-order valence-electron chi connectivity index (χ2n) is 5.75. The Bertz CT molecular complexity index is 512. The first-order valence-electron chi connectivity index (χ1n) is 7.08. The van der Waals surface area contributed by atoms with Crippen LogP contribution in [0, 0.1) is 16.7 Å². The molecule has 0 fully saturated rings. The number of rotatable bonds is 8. The number of hydrogen-bond acceptors (Lipinski definition) is 3. The van der Waals surface area contributed by atoms with Gasteiger partial charge in [0.25, 0.3) is 5.91 Å². The lowest BCUT2D eigenvalue weighted by Gasteiger charge is -2.24. The van der Waals surface area contributed by atoms with E-state index < -0.39 is 0 Å². The highest BCUT2D eigenvalue weighted by Gasteiger charge is 2.17. The van der Waals surface area contributed by atoms with Crippen molar-refractivity contribution in [3.8, 4) is 6.07 Å². The maximum Gasteiger partial charge on any atom is 0.251 e. The molecule has 0 aliphatic carbocycles. The first-order chi connectivity index (χ1) is 9.98. The van der Waals surface area contributed by atoms with E-state index in [9.17, 15) is 4.79 Å². The highest BCUT2D eigenvalue weighted by Crippen LogP contribution is 2.23. The molecule has 0 heterocycles. The number of hydrogen-bond donors (Lipinski definition) is 2. The molecule has 0 unspecified atom stereocenters. The van der Waals surface area contributed by atoms with Crippen LogP contribution < -0.4 is 10.6 Å². The Hall–Kier alpha value is -2.28. The molecule has 0 saturated carbocycles. The monoisotopic (exact) mass is 285 g/mol. The van der Waals surface area contributed by atoms with Crippen LogP contribution in [0.1, 0.15) is 37.0 Å². The minimum Gasteiger partial charge on any atom is -0.385 e. The maximum absolute atomic E-state index is 11.7. The molecule has 1 amide bonds. The summed E-state index contributed by atoms with van der Waals surface area (Å²) in [6.45, 7) is 9.08. The topological polar surface area (TPSA) is 64.9 Å². The lowest BCUT2D eigenvalue weighted by atomic mass is 9.88. The molecule has 0 radical (unpaired) electrons. The van der Waals surface area contributed by atoms with Crippen molar-refractivity contribution >= 4 is 11.6 Å². The van der Waals surface area contributed by atoms with Crippen LogP contribution in [0.4, 0.5) is 5.69 Å². The Balaban J connectivity index is 2.53. The van der Waals surface area contributed by atoms with E-state index in [1.54, 1.807) is 18.2 Å². The van der Waals surface area contributed by atoms with Crippen molar-refractivity contribution in [2.24, 2.45) is 5.41 Å². The van der Waals surface area contributed by atoms with E-state index >= 15 is 0 Å². The van der Waals surface area contributed by atoms with E-state index in [-0.39, 0.29) is 11.3 Å². The van der Waals surface area contributed by atoms with E-state index in [1.165, 1.54) is 0 Å². The number of nitriles is 1. The highest BCUT2D eigenvalue weighted by atomic mass is 16.1. The molecule has 0 aromatic heterocycles. The predicted molar refractivity (Wildman–Crippen MR) is 86.1 cm³/mol. The van der Waals surface area contributed by atoms with Crippen molar-refractivity contribution in [1.29, 1.82) is 5.26 Å². The number of nitrogens with one attached hydrogen (secondary N) is 2. The zero-order valence-corrected chi connectivity index (χ0v) is 12.8. The standard InChI is InChI=1S/C17H23N3O/c1-4-12-19-16(21)14-6-8-15(9-7-14)20-13-17(2,3)10-5-11-18/h4,6-9,20H,1,5,10,12-13H2,2-3H3,(H,19,21). The molecule has 0 atom stereocenters. The number of benzene rings is 1. The number of carbonyl (C=O) groups is 1. The van der Waals surface area contributed by atoms with E-state index in [0.29, 0.717) is 18.5 Å². The normalized spacial score (nSPS) is 10.5. The van der Waals surface area contributed by atoms with Crippen LogP contribution in [0.15, 0.2) is 36.9 Å². The number of nitrogens with zero attached hydrogens (tertiary/aromatic N) is 1. The van der Waals surface area contributed by atoms with Gasteiger partial charge in [-0.3, -0.25) is 4.79 Å². The number of carbonyl (C=O) groups excluding carboxylic acids is 1. The average Bonchev–Trinajstić information content (AvgIpc) is 2.49. The zero-order valence-electron chi connectivity index (χ0n) is 12.8. The van der Waals surface area contributed by atoms with E-state index in [2.05, 4.69) is 37.1 Å². The molecule has 0 aliphatic rings. The van der Waals surface area contributed by atoms with Gasteiger partial charge in [-0.05, 0) is 36.1 Å². The summed E-state index contributed by atoms with van der Waals surface area (Å²) in [6, 6.07) is 9.55. The van der Waals surface area contributed by atoms with Crippen molar-refractivity contribution < 1.29 is 4.79 Å². The third kappa shape index (κ3) is 6.13. The second kappa shape index (κ2) is 8.11. The van der Waals surface area contributed by atoms with Gasteiger partial charge in [0.15, 0.2) is 0 Å². The summed E-state index contributed by atoms with van der Waals surface area (Å²) in [6.07, 6.45) is 3.08. The van der Waals surface area contributed by atoms with Crippen LogP contribution in [-0.4, -0.2) is 19.0 Å². The molecule has 4 heteroatoms. The summed E-state index contributed by atoms with van der Waals surface area (Å²) in [7, 11) is 0. The summed E-state index contributed by atoms with van der Waals surface area (Å²) in [5.74, 6) is -0.101. The lowest BCUT2D eigenvalue weighted by Crippen LogP contribution is -2.24. The van der Waals surface area contributed by atoms with Gasteiger partial charge < -0.3 is 10.6 Å². The first kappa shape index (κ1) is 16.8. The number of anilines is 1. The van der Waals surface area contributed by atoms with Gasteiger partial charge >= 0.3 is 0 Å². The quantitative estimate of drug-likeness (QED) is 0.720. The summed E-state index contributed by atoms with van der Waals surface area (Å²) in [5, 5.41) is 14.7. The van der Waals surface area contributed by atoms with Crippen LogP contribution in [0.3, 0.4) is 0 Å². The Labute approximate surface area is 126 Å². The fraction of sp³-hybridized carbons (Fsp3) is 0.412. The summed E-state index contributed by atoms with van der Waals surface area (Å²) >= 11 is 0. The summed E-state index contributed by atoms with van der Waals surface area (Å²) in [5.41, 5.74) is 1.67. The maximum atomic E-state index is 11.7. The predicted octanol–water partition coefficient (Wildman–Crippen LogP) is 3.34. The Kier molecular flexibility index (Phi) is 6.48. The van der Waals surface area contributed by atoms with Crippen LogP contribution in [0.5, 0.6) is 0 Å². The minimum atomic E-state index is -0.101. The van der Waals surface area contributed by atoms with Crippen molar-refractivity contribution in [2.45, 2.75) is 26.7 Å². The van der Waals surface area contributed by atoms with E-state index in [1.807, 2.05) is 12.1 Å². The Morgan fingerprint density at radius 2 is 2.05 bits per heavy atom. The zero-order chi connectivity index (χ0) is 15.7. The fourth-order valence-corrected chi connectivity index (χ4v) is 1.83. The SMILES string of the molecule is C=CCNC(=O)c1ccc(NCC(C)(C)CCC#N)cc1. The van der Waals surface area contributed by atoms with Crippen molar-refractivity contribution in [1.82, 2.24) is 5.32 Å². The van der Waals surface area contributed by atoms with Crippen molar-refractivity contribution in [3.05, 3.63) is 42.5 Å². The van der Waals surface area contributed by atoms with Gasteiger partial charge in [-0.2, -0.15) is 5.26 Å². The van der Waals surface area contributed by atoms with Gasteiger partial charge in [0, 0.05) is 30.8 Å². The van der Waals surface area contributed by atoms with Gasteiger partial charge in [0.1, 0.15) is 0 Å². The third-order valence-electron chi connectivity index (χ3n) is 3.24. The van der Waals surface area contributed by atoms with Crippen LogP contribution in [-0.2, 0) is 0 Å². The highest BCUT2D eigenvalue weighted by molar-refractivity contribution is 5.94. The molecule has 21 heavy (non-hydrogen) atoms. The summed E-state index contributed by atoms with van der Waals surface area (Å²) < 4.78 is 0. The third-order valence-corrected chi connectivity index (χ3v) is 3.24. The van der Waals surface area contributed by atoms with E-state index in [0.717, 1.165) is 18.7 Å². The molecule has 112 valence electrons. The molecule has 1 aromatic carbocycles. The molecular formula is C17H23N3O. The molecule has 0 bridgehead atoms. The van der Waals surface area contributed by atoms with Gasteiger partial charge in [0.2, 0.25) is 0 Å². The molecule has 4 nitrogen and oxygen atoms in total. The van der Waals surface area contributed by atoms with Gasteiger partial charge in [-0.25, -0.2) is 0 Å². The van der Waals surface area contributed by atoms with Crippen LogP contribution in [0.2, 0.25) is 0 Å².